The number of hydrogen-bond acceptors (Lipinski definition) is 2. The van der Waals surface area contributed by atoms with Crippen LogP contribution in [-0.4, -0.2) is 11.0 Å². The van der Waals surface area contributed by atoms with Gasteiger partial charge in [0.25, 0.3) is 0 Å². The van der Waals surface area contributed by atoms with E-state index in [4.69, 9.17) is 18.0 Å². The van der Waals surface area contributed by atoms with Crippen LogP contribution in [0, 0.1) is 5.41 Å². The molecular formula is C13H19BrN2S. The minimum Gasteiger partial charge on any atom is -0.389 e. The molecule has 1 aromatic carbocycles. The van der Waals surface area contributed by atoms with Crippen LogP contribution in [0.25, 0.3) is 0 Å². The standard InChI is InChI=1S/C13H19BrN2S/c1-8(13(2,3)4)16-11-6-5-9(14)7-10(11)12(15)17/h5-8,16H,1-4H3,(H2,15,17). The van der Waals surface area contributed by atoms with Crippen molar-refractivity contribution < 1.29 is 0 Å². The van der Waals surface area contributed by atoms with Crippen LogP contribution in [0.15, 0.2) is 22.7 Å². The van der Waals surface area contributed by atoms with Gasteiger partial charge in [-0.2, -0.15) is 0 Å². The summed E-state index contributed by atoms with van der Waals surface area (Å²) in [7, 11) is 0. The lowest BCUT2D eigenvalue weighted by molar-refractivity contribution is 0.359. The van der Waals surface area contributed by atoms with E-state index in [1.54, 1.807) is 0 Å². The molecule has 1 aromatic rings. The van der Waals surface area contributed by atoms with Gasteiger partial charge in [0.05, 0.1) is 0 Å². The van der Waals surface area contributed by atoms with Crippen LogP contribution in [0.2, 0.25) is 0 Å². The first-order chi connectivity index (χ1) is 7.71. The molecule has 0 aliphatic carbocycles. The number of anilines is 1. The molecule has 0 spiro atoms. The highest BCUT2D eigenvalue weighted by Gasteiger charge is 2.20. The Morgan fingerprint density at radius 2 is 2.00 bits per heavy atom. The molecule has 0 heterocycles. The molecule has 3 N–H and O–H groups in total. The fourth-order valence-electron chi connectivity index (χ4n) is 1.30. The molecule has 4 heteroatoms. The average molecular weight is 315 g/mol. The van der Waals surface area contributed by atoms with Crippen LogP contribution in [0.1, 0.15) is 33.3 Å². The van der Waals surface area contributed by atoms with E-state index in [2.05, 4.69) is 48.9 Å². The van der Waals surface area contributed by atoms with Crippen LogP contribution in [0.5, 0.6) is 0 Å². The average Bonchev–Trinajstić information content (AvgIpc) is 2.18. The monoisotopic (exact) mass is 314 g/mol. The topological polar surface area (TPSA) is 38.0 Å². The Morgan fingerprint density at radius 3 is 2.47 bits per heavy atom. The molecule has 0 aliphatic rings. The first-order valence-corrected chi connectivity index (χ1v) is 6.78. The van der Waals surface area contributed by atoms with E-state index in [9.17, 15) is 0 Å². The van der Waals surface area contributed by atoms with Gasteiger partial charge in [-0.05, 0) is 30.5 Å². The molecule has 0 fully saturated rings. The molecule has 0 amide bonds. The summed E-state index contributed by atoms with van der Waals surface area (Å²) in [5, 5.41) is 3.47. The maximum absolute atomic E-state index is 5.74. The Hall–Kier alpha value is -0.610. The fraction of sp³-hybridized carbons (Fsp3) is 0.462. The van der Waals surface area contributed by atoms with Crippen molar-refractivity contribution in [3.05, 3.63) is 28.2 Å². The summed E-state index contributed by atoms with van der Waals surface area (Å²) in [6.07, 6.45) is 0. The van der Waals surface area contributed by atoms with E-state index in [1.165, 1.54) is 0 Å². The van der Waals surface area contributed by atoms with Gasteiger partial charge >= 0.3 is 0 Å². The Morgan fingerprint density at radius 1 is 1.41 bits per heavy atom. The molecule has 1 atom stereocenters. The van der Waals surface area contributed by atoms with Crippen LogP contribution in [-0.2, 0) is 0 Å². The van der Waals surface area contributed by atoms with Crippen molar-refractivity contribution in [2.45, 2.75) is 33.7 Å². The first kappa shape index (κ1) is 14.5. The number of rotatable bonds is 3. The van der Waals surface area contributed by atoms with Gasteiger partial charge < -0.3 is 11.1 Å². The second-order valence-corrected chi connectivity index (χ2v) is 6.64. The van der Waals surface area contributed by atoms with Gasteiger partial charge in [-0.1, -0.05) is 48.9 Å². The summed E-state index contributed by atoms with van der Waals surface area (Å²) in [5.74, 6) is 0. The van der Waals surface area contributed by atoms with Crippen LogP contribution in [0.4, 0.5) is 5.69 Å². The third-order valence-electron chi connectivity index (χ3n) is 2.92. The quantitative estimate of drug-likeness (QED) is 0.830. The summed E-state index contributed by atoms with van der Waals surface area (Å²) in [5.41, 5.74) is 7.79. The lowest BCUT2D eigenvalue weighted by Crippen LogP contribution is -2.31. The van der Waals surface area contributed by atoms with Gasteiger partial charge in [-0.3, -0.25) is 0 Å². The maximum atomic E-state index is 5.74. The molecule has 1 unspecified atom stereocenters. The second kappa shape index (κ2) is 5.36. The lowest BCUT2D eigenvalue weighted by atomic mass is 9.88. The van der Waals surface area contributed by atoms with E-state index in [0.29, 0.717) is 11.0 Å². The van der Waals surface area contributed by atoms with Crippen LogP contribution in [0.3, 0.4) is 0 Å². The molecule has 0 radical (unpaired) electrons. The Kier molecular flexibility index (Phi) is 4.55. The van der Waals surface area contributed by atoms with Crippen LogP contribution >= 0.6 is 28.1 Å². The van der Waals surface area contributed by atoms with Gasteiger partial charge in [0.2, 0.25) is 0 Å². The Labute approximate surface area is 117 Å². The molecule has 0 aliphatic heterocycles. The lowest BCUT2D eigenvalue weighted by Gasteiger charge is -2.29. The van der Waals surface area contributed by atoms with Crippen molar-refractivity contribution in [1.82, 2.24) is 0 Å². The summed E-state index contributed by atoms with van der Waals surface area (Å²) < 4.78 is 0.981. The van der Waals surface area contributed by atoms with E-state index in [-0.39, 0.29) is 5.41 Å². The number of thiocarbonyl (C=S) groups is 1. The second-order valence-electron chi connectivity index (χ2n) is 5.29. The molecule has 0 saturated carbocycles. The number of hydrogen-bond donors (Lipinski definition) is 2. The molecular weight excluding hydrogens is 296 g/mol. The van der Waals surface area contributed by atoms with Crippen molar-refractivity contribution in [3.8, 4) is 0 Å². The van der Waals surface area contributed by atoms with Crippen molar-refractivity contribution >= 4 is 38.8 Å². The molecule has 1 rings (SSSR count). The zero-order chi connectivity index (χ0) is 13.2. The molecule has 0 bridgehead atoms. The maximum Gasteiger partial charge on any atom is 0.106 e. The highest BCUT2D eigenvalue weighted by Crippen LogP contribution is 2.26. The smallest absolute Gasteiger partial charge is 0.106 e. The summed E-state index contributed by atoms with van der Waals surface area (Å²) in [6.45, 7) is 8.75. The number of halogens is 1. The fourth-order valence-corrected chi connectivity index (χ4v) is 1.83. The molecule has 0 saturated heterocycles. The van der Waals surface area contributed by atoms with Crippen molar-refractivity contribution in [2.24, 2.45) is 11.1 Å². The minimum atomic E-state index is 0.181. The van der Waals surface area contributed by atoms with Crippen molar-refractivity contribution in [3.63, 3.8) is 0 Å². The first-order valence-electron chi connectivity index (χ1n) is 5.57. The number of benzene rings is 1. The predicted molar refractivity (Wildman–Crippen MR) is 82.6 cm³/mol. The Balaban J connectivity index is 3.03. The number of nitrogens with one attached hydrogen (secondary N) is 1. The van der Waals surface area contributed by atoms with E-state index in [0.717, 1.165) is 15.7 Å². The van der Waals surface area contributed by atoms with E-state index < -0.39 is 0 Å². The highest BCUT2D eigenvalue weighted by molar-refractivity contribution is 9.10. The Bertz CT molecular complexity index is 424. The number of nitrogens with two attached hydrogens (primary N) is 1. The molecule has 0 aromatic heterocycles. The van der Waals surface area contributed by atoms with Crippen molar-refractivity contribution in [2.75, 3.05) is 5.32 Å². The zero-order valence-corrected chi connectivity index (χ0v) is 13.1. The molecule has 94 valence electrons. The van der Waals surface area contributed by atoms with Gasteiger partial charge in [0, 0.05) is 21.8 Å². The predicted octanol–water partition coefficient (Wildman–Crippen LogP) is 3.93. The van der Waals surface area contributed by atoms with Gasteiger partial charge in [-0.25, -0.2) is 0 Å². The van der Waals surface area contributed by atoms with Gasteiger partial charge in [0.1, 0.15) is 4.99 Å². The summed E-state index contributed by atoms with van der Waals surface area (Å²) >= 11 is 8.50. The highest BCUT2D eigenvalue weighted by atomic mass is 79.9. The van der Waals surface area contributed by atoms with Crippen LogP contribution < -0.4 is 11.1 Å². The summed E-state index contributed by atoms with van der Waals surface area (Å²) in [6, 6.07) is 6.26. The van der Waals surface area contributed by atoms with Crippen molar-refractivity contribution in [1.29, 1.82) is 0 Å². The molecule has 17 heavy (non-hydrogen) atoms. The molecule has 2 nitrogen and oxygen atoms in total. The normalized spacial score (nSPS) is 13.2. The van der Waals surface area contributed by atoms with Gasteiger partial charge in [-0.15, -0.1) is 0 Å². The van der Waals surface area contributed by atoms with E-state index in [1.807, 2.05) is 18.2 Å². The summed E-state index contributed by atoms with van der Waals surface area (Å²) in [4.78, 5) is 0.412. The SMILES string of the molecule is CC(Nc1ccc(Br)cc1C(N)=S)C(C)(C)C. The minimum absolute atomic E-state index is 0.181. The third-order valence-corrected chi connectivity index (χ3v) is 3.63. The van der Waals surface area contributed by atoms with Gasteiger partial charge in [0.15, 0.2) is 0 Å². The largest absolute Gasteiger partial charge is 0.389 e. The van der Waals surface area contributed by atoms with E-state index >= 15 is 0 Å². The third kappa shape index (κ3) is 3.96. The zero-order valence-electron chi connectivity index (χ0n) is 10.7.